The van der Waals surface area contributed by atoms with Crippen molar-refractivity contribution in [2.24, 2.45) is 10.8 Å². The van der Waals surface area contributed by atoms with Crippen LogP contribution in [0.3, 0.4) is 0 Å². The number of carboxylic acids is 2. The van der Waals surface area contributed by atoms with Gasteiger partial charge in [-0.3, -0.25) is 38.9 Å². The Kier molecular flexibility index (Phi) is 11.4. The number of carbonyl (C=O) groups excluding carboxylic acids is 2. The number of hydrogen-bond acceptors (Lipinski definition) is 8. The molecular weight excluding hydrogens is 815 g/mol. The third-order valence-corrected chi connectivity index (χ3v) is 14.9. The monoisotopic (exact) mass is 864 g/mol. The van der Waals surface area contributed by atoms with Gasteiger partial charge < -0.3 is 20.8 Å². The maximum absolute atomic E-state index is 13.6. The molecule has 4 aromatic rings. The van der Waals surface area contributed by atoms with Gasteiger partial charge in [-0.05, 0) is 142 Å². The van der Waals surface area contributed by atoms with E-state index >= 15 is 0 Å². The fraction of sp³-hybridized carbons (Fsp3) is 0.447. The minimum absolute atomic E-state index is 0.151. The fourth-order valence-corrected chi connectivity index (χ4v) is 11.0. The van der Waals surface area contributed by atoms with Crippen LogP contribution in [0.25, 0.3) is 11.1 Å². The number of benzene rings is 2. The highest BCUT2D eigenvalue weighted by Gasteiger charge is 2.57. The molecule has 9 rings (SSSR count). The summed E-state index contributed by atoms with van der Waals surface area (Å²) in [5, 5.41) is 26.0. The second-order valence-corrected chi connectivity index (χ2v) is 18.7. The molecule has 0 unspecified atom stereocenters. The molecule has 5 aliphatic rings. The first-order valence-electron chi connectivity index (χ1n) is 21.5. The fourth-order valence-electron chi connectivity index (χ4n) is 10.4. The summed E-state index contributed by atoms with van der Waals surface area (Å²) < 4.78 is 0. The van der Waals surface area contributed by atoms with Crippen LogP contribution in [-0.2, 0) is 29.1 Å². The van der Waals surface area contributed by atoms with Crippen molar-refractivity contribution in [1.82, 2.24) is 19.8 Å². The van der Waals surface area contributed by atoms with Crippen LogP contribution in [-0.4, -0.2) is 79.4 Å². The molecule has 4 heterocycles. The van der Waals surface area contributed by atoms with Gasteiger partial charge in [0.25, 0.3) is 11.8 Å². The molecule has 2 aliphatic heterocycles. The molecule has 14 heteroatoms. The number of piperidine rings is 1. The number of anilines is 2. The van der Waals surface area contributed by atoms with Crippen molar-refractivity contribution < 1.29 is 29.4 Å². The maximum Gasteiger partial charge on any atom is 0.320 e. The van der Waals surface area contributed by atoms with Crippen molar-refractivity contribution in [3.63, 3.8) is 0 Å². The number of fused-ring (bicyclic) bond motifs is 3. The number of halogens is 2. The normalized spacial score (nSPS) is 23.7. The number of nitrogens with zero attached hydrogens (tertiary/aromatic N) is 4. The van der Waals surface area contributed by atoms with E-state index in [1.165, 1.54) is 0 Å². The molecular formula is C47H50Cl2N6O6. The van der Waals surface area contributed by atoms with Crippen molar-refractivity contribution in [3.05, 3.63) is 105 Å². The highest BCUT2D eigenvalue weighted by atomic mass is 35.5. The Balaban J connectivity index is 0.847. The van der Waals surface area contributed by atoms with Gasteiger partial charge in [-0.2, -0.15) is 0 Å². The Morgan fingerprint density at radius 3 is 2.07 bits per heavy atom. The van der Waals surface area contributed by atoms with Gasteiger partial charge >= 0.3 is 11.9 Å². The molecule has 3 saturated carbocycles. The number of pyridine rings is 2. The molecule has 318 valence electrons. The standard InChI is InChI=1S/C47H50Cl2N6O6/c48-40-32(33-6-4-8-36(41(33)49)53-43(57)38-22-34(28-10-11-28)31(24-51-38)26-55-18-2-1-9-39(55)44(58)59)5-3-7-35(40)52-42(56)37-21-29-12-19-54(25-30(29)23-50-37)20-17-46-13-15-47(27-46,16-14-46)45(60)61/h3-8,21-24,28,39H,1-2,9-20,25-27H2,(H,52,56)(H,53,57)(H,58,59)(H,60,61)/t39-,46?,47?/m0/s1. The van der Waals surface area contributed by atoms with Gasteiger partial charge in [0.05, 0.1) is 26.8 Å². The van der Waals surface area contributed by atoms with Gasteiger partial charge in [0.1, 0.15) is 17.4 Å². The molecule has 0 radical (unpaired) electrons. The lowest BCUT2D eigenvalue weighted by Gasteiger charge is -2.33. The van der Waals surface area contributed by atoms with Crippen molar-refractivity contribution in [3.8, 4) is 11.1 Å². The zero-order valence-corrected chi connectivity index (χ0v) is 35.5. The van der Waals surface area contributed by atoms with Crippen LogP contribution in [0.2, 0.25) is 10.0 Å². The number of carbonyl (C=O) groups is 4. The third-order valence-electron chi connectivity index (χ3n) is 14.1. The van der Waals surface area contributed by atoms with Crippen molar-refractivity contribution in [1.29, 1.82) is 0 Å². The smallest absolute Gasteiger partial charge is 0.320 e. The molecule has 2 bridgehead atoms. The average Bonchev–Trinajstić information content (AvgIpc) is 3.94. The van der Waals surface area contributed by atoms with Crippen molar-refractivity contribution >= 4 is 58.3 Å². The van der Waals surface area contributed by atoms with Crippen LogP contribution in [0.15, 0.2) is 60.9 Å². The predicted molar refractivity (Wildman–Crippen MR) is 233 cm³/mol. The first-order chi connectivity index (χ1) is 29.4. The van der Waals surface area contributed by atoms with E-state index in [9.17, 15) is 29.4 Å². The van der Waals surface area contributed by atoms with Crippen molar-refractivity contribution in [2.45, 2.75) is 102 Å². The van der Waals surface area contributed by atoms with Crippen LogP contribution >= 0.6 is 23.2 Å². The lowest BCUT2D eigenvalue weighted by atomic mass is 9.80. The van der Waals surface area contributed by atoms with E-state index in [2.05, 4.69) is 25.5 Å². The number of likely N-dealkylation sites (tertiary alicyclic amines) is 1. The van der Waals surface area contributed by atoms with Gasteiger partial charge in [0, 0.05) is 43.2 Å². The molecule has 1 saturated heterocycles. The minimum atomic E-state index is -0.804. The van der Waals surface area contributed by atoms with Crippen LogP contribution in [0.5, 0.6) is 0 Å². The molecule has 1 atom stereocenters. The second-order valence-electron chi connectivity index (χ2n) is 18.0. The summed E-state index contributed by atoms with van der Waals surface area (Å²) in [4.78, 5) is 64.6. The minimum Gasteiger partial charge on any atom is -0.481 e. The quantitative estimate of drug-likeness (QED) is 0.102. The molecule has 0 spiro atoms. The van der Waals surface area contributed by atoms with Gasteiger partial charge in [-0.15, -0.1) is 0 Å². The Hall–Kier alpha value is -4.88. The Labute approximate surface area is 365 Å². The lowest BCUT2D eigenvalue weighted by molar-refractivity contribution is -0.148. The highest BCUT2D eigenvalue weighted by molar-refractivity contribution is 6.40. The summed E-state index contributed by atoms with van der Waals surface area (Å²) in [5.74, 6) is -1.92. The number of aromatic nitrogens is 2. The molecule has 61 heavy (non-hydrogen) atoms. The van der Waals surface area contributed by atoms with E-state index in [1.54, 1.807) is 48.8 Å². The van der Waals surface area contributed by atoms with Crippen LogP contribution in [0, 0.1) is 10.8 Å². The summed E-state index contributed by atoms with van der Waals surface area (Å²) in [5.41, 5.74) is 6.27. The summed E-state index contributed by atoms with van der Waals surface area (Å²) in [6.07, 6.45) is 14.2. The third kappa shape index (κ3) is 8.39. The summed E-state index contributed by atoms with van der Waals surface area (Å²) in [6, 6.07) is 13.7. The van der Waals surface area contributed by atoms with E-state index < -0.39 is 29.3 Å². The highest BCUT2D eigenvalue weighted by Crippen LogP contribution is 2.63. The number of aliphatic carboxylic acids is 2. The number of carboxylic acid groups (broad SMARTS) is 2. The maximum atomic E-state index is 13.6. The largest absolute Gasteiger partial charge is 0.481 e. The Morgan fingerprint density at radius 2 is 1.44 bits per heavy atom. The number of nitrogens with one attached hydrogen (secondary N) is 2. The van der Waals surface area contributed by atoms with E-state index in [1.807, 2.05) is 17.0 Å². The zero-order valence-electron chi connectivity index (χ0n) is 34.0. The number of hydrogen-bond donors (Lipinski definition) is 4. The SMILES string of the molecule is O=C(Nc1cccc(-c2cccc(NC(=O)c3cc(C4CC4)c(CN4CCCC[C@H]4C(=O)O)cn3)c2Cl)c1Cl)c1cc2c(cn1)CN(CCC13CCC(C(=O)O)(CC1)C3)CC2. The molecule has 2 aromatic heterocycles. The predicted octanol–water partition coefficient (Wildman–Crippen LogP) is 9.05. The molecule has 4 fully saturated rings. The van der Waals surface area contributed by atoms with E-state index in [0.29, 0.717) is 53.6 Å². The Morgan fingerprint density at radius 1 is 0.787 bits per heavy atom. The van der Waals surface area contributed by atoms with E-state index in [0.717, 1.165) is 113 Å². The van der Waals surface area contributed by atoms with E-state index in [4.69, 9.17) is 23.2 Å². The summed E-state index contributed by atoms with van der Waals surface area (Å²) in [6.45, 7) is 3.74. The summed E-state index contributed by atoms with van der Waals surface area (Å²) >= 11 is 13.9. The molecule has 12 nitrogen and oxygen atoms in total. The van der Waals surface area contributed by atoms with Gasteiger partial charge in [-0.25, -0.2) is 0 Å². The second kappa shape index (κ2) is 16.8. The zero-order chi connectivity index (χ0) is 42.5. The average molecular weight is 866 g/mol. The number of rotatable bonds is 13. The Bertz CT molecular complexity index is 2410. The van der Waals surface area contributed by atoms with Crippen LogP contribution in [0.1, 0.15) is 120 Å². The summed E-state index contributed by atoms with van der Waals surface area (Å²) in [7, 11) is 0. The lowest BCUT2D eigenvalue weighted by Crippen LogP contribution is -2.44. The van der Waals surface area contributed by atoms with Crippen LogP contribution < -0.4 is 10.6 Å². The molecule has 4 N–H and O–H groups in total. The topological polar surface area (TPSA) is 165 Å². The van der Waals surface area contributed by atoms with Gasteiger partial charge in [0.15, 0.2) is 0 Å². The van der Waals surface area contributed by atoms with Gasteiger partial charge in [0.2, 0.25) is 0 Å². The first kappa shape index (κ1) is 41.5. The van der Waals surface area contributed by atoms with Crippen LogP contribution in [0.4, 0.5) is 11.4 Å². The molecule has 2 amide bonds. The van der Waals surface area contributed by atoms with Crippen molar-refractivity contribution in [2.75, 3.05) is 30.3 Å². The van der Waals surface area contributed by atoms with E-state index in [-0.39, 0.29) is 27.1 Å². The molecule has 2 aromatic carbocycles. The van der Waals surface area contributed by atoms with Gasteiger partial charge in [-0.1, -0.05) is 53.9 Å². The number of amides is 2. The molecule has 3 aliphatic carbocycles. The first-order valence-corrected chi connectivity index (χ1v) is 22.3.